The van der Waals surface area contributed by atoms with Crippen LogP contribution in [0.15, 0.2) is 60.7 Å². The molecule has 0 bridgehead atoms. The molecule has 5 rings (SSSR count). The van der Waals surface area contributed by atoms with Crippen molar-refractivity contribution in [3.8, 4) is 0 Å². The number of para-hydroxylation sites is 1. The Kier molecular flexibility index (Phi) is 9.06. The van der Waals surface area contributed by atoms with E-state index in [4.69, 9.17) is 4.74 Å². The van der Waals surface area contributed by atoms with Crippen LogP contribution < -0.4 is 4.90 Å². The fourth-order valence-corrected chi connectivity index (χ4v) is 6.05. The maximum absolute atomic E-state index is 13.6. The minimum Gasteiger partial charge on any atom is -0.383 e. The summed E-state index contributed by atoms with van der Waals surface area (Å²) in [5, 5.41) is 0. The van der Waals surface area contributed by atoms with Gasteiger partial charge in [0.2, 0.25) is 11.8 Å². The number of benzene rings is 2. The van der Waals surface area contributed by atoms with Gasteiger partial charge in [0.1, 0.15) is 0 Å². The van der Waals surface area contributed by atoms with Crippen LogP contribution in [0.2, 0.25) is 0 Å². The Morgan fingerprint density at radius 3 is 2.54 bits per heavy atom. The van der Waals surface area contributed by atoms with E-state index in [1.54, 1.807) is 12.0 Å². The van der Waals surface area contributed by atoms with Crippen LogP contribution in [0, 0.1) is 5.92 Å². The minimum absolute atomic E-state index is 0. The number of hydrogen-bond acceptors (Lipinski definition) is 4. The summed E-state index contributed by atoms with van der Waals surface area (Å²) in [5.41, 5.74) is 3.96. The first-order valence-electron chi connectivity index (χ1n) is 13.2. The quantitative estimate of drug-likeness (QED) is 0.489. The maximum atomic E-state index is 13.6. The number of piperidine rings is 1. The third-order valence-electron chi connectivity index (χ3n) is 8.15. The Bertz CT molecular complexity index is 1100. The zero-order valence-corrected chi connectivity index (χ0v) is 22.5. The fraction of sp³-hybridized carbons (Fsp3) is 0.467. The monoisotopic (exact) mass is 523 g/mol. The second kappa shape index (κ2) is 12.2. The van der Waals surface area contributed by atoms with Crippen molar-refractivity contribution in [3.63, 3.8) is 0 Å². The van der Waals surface area contributed by atoms with Crippen molar-refractivity contribution in [3.05, 3.63) is 71.8 Å². The molecular weight excluding hydrogens is 486 g/mol. The molecular formula is C30H38ClN3O3. The summed E-state index contributed by atoms with van der Waals surface area (Å²) in [6.45, 7) is 5.30. The summed E-state index contributed by atoms with van der Waals surface area (Å²) in [5.74, 6) is -0.193. The van der Waals surface area contributed by atoms with E-state index >= 15 is 0 Å². The third kappa shape index (κ3) is 5.92. The first-order chi connectivity index (χ1) is 17.6. The number of carbonyl (C=O) groups is 2. The number of methoxy groups -OCH3 is 1. The van der Waals surface area contributed by atoms with E-state index in [1.165, 1.54) is 11.1 Å². The first kappa shape index (κ1) is 27.4. The molecule has 2 aliphatic heterocycles. The normalized spacial score (nSPS) is 20.2. The predicted molar refractivity (Wildman–Crippen MR) is 150 cm³/mol. The van der Waals surface area contributed by atoms with Crippen LogP contribution in [0.25, 0.3) is 6.08 Å². The molecule has 198 valence electrons. The summed E-state index contributed by atoms with van der Waals surface area (Å²) in [6.07, 6.45) is 8.19. The SMILES string of the molecule is COCCN1CC(C(=O)N(CCCN2CCC3(C=Cc4ccccc43)CC2)c2ccccc2)CC1=O.Cl. The highest BCUT2D eigenvalue weighted by Gasteiger charge is 2.38. The number of amides is 2. The van der Waals surface area contributed by atoms with Crippen molar-refractivity contribution in [1.29, 1.82) is 0 Å². The highest BCUT2D eigenvalue weighted by molar-refractivity contribution is 5.99. The highest BCUT2D eigenvalue weighted by Crippen LogP contribution is 2.43. The molecule has 1 aliphatic carbocycles. The Morgan fingerprint density at radius 1 is 1.05 bits per heavy atom. The lowest BCUT2D eigenvalue weighted by Gasteiger charge is -2.39. The predicted octanol–water partition coefficient (Wildman–Crippen LogP) is 4.39. The Morgan fingerprint density at radius 2 is 1.78 bits per heavy atom. The average molecular weight is 524 g/mol. The van der Waals surface area contributed by atoms with E-state index in [0.29, 0.717) is 26.2 Å². The number of rotatable bonds is 9. The maximum Gasteiger partial charge on any atom is 0.232 e. The van der Waals surface area contributed by atoms with E-state index in [1.807, 2.05) is 35.2 Å². The molecule has 2 amide bonds. The van der Waals surface area contributed by atoms with Gasteiger partial charge in [0, 0.05) is 44.3 Å². The van der Waals surface area contributed by atoms with Gasteiger partial charge < -0.3 is 19.4 Å². The van der Waals surface area contributed by atoms with Gasteiger partial charge in [-0.1, -0.05) is 54.6 Å². The molecule has 2 heterocycles. The third-order valence-corrected chi connectivity index (χ3v) is 8.15. The summed E-state index contributed by atoms with van der Waals surface area (Å²) in [4.78, 5) is 32.2. The lowest BCUT2D eigenvalue weighted by Crippen LogP contribution is -2.43. The smallest absolute Gasteiger partial charge is 0.232 e. The van der Waals surface area contributed by atoms with Crippen LogP contribution in [0.4, 0.5) is 5.69 Å². The molecule has 2 aromatic carbocycles. The van der Waals surface area contributed by atoms with Gasteiger partial charge in [0.05, 0.1) is 12.5 Å². The standard InChI is InChI=1S/C30H37N3O3.ClH/c1-36-21-20-32-23-25(22-28(32)34)29(35)33(26-9-3-2-4-10-26)17-7-16-31-18-14-30(15-19-31)13-12-24-8-5-6-11-27(24)30;/h2-6,8-13,25H,7,14-23H2,1H3;1H. The van der Waals surface area contributed by atoms with Crippen molar-refractivity contribution < 1.29 is 14.3 Å². The molecule has 37 heavy (non-hydrogen) atoms. The minimum atomic E-state index is -0.293. The van der Waals surface area contributed by atoms with Crippen molar-refractivity contribution in [2.45, 2.75) is 31.1 Å². The van der Waals surface area contributed by atoms with Crippen LogP contribution in [0.3, 0.4) is 0 Å². The van der Waals surface area contributed by atoms with Gasteiger partial charge in [-0.15, -0.1) is 12.4 Å². The number of carbonyl (C=O) groups excluding carboxylic acids is 2. The van der Waals surface area contributed by atoms with Gasteiger partial charge >= 0.3 is 0 Å². The second-order valence-corrected chi connectivity index (χ2v) is 10.3. The number of likely N-dealkylation sites (tertiary alicyclic amines) is 2. The molecule has 2 aromatic rings. The zero-order valence-electron chi connectivity index (χ0n) is 21.7. The summed E-state index contributed by atoms with van der Waals surface area (Å²) in [7, 11) is 1.63. The van der Waals surface area contributed by atoms with Crippen LogP contribution in [0.5, 0.6) is 0 Å². The van der Waals surface area contributed by atoms with Crippen molar-refractivity contribution >= 4 is 36.0 Å². The number of anilines is 1. The molecule has 0 saturated carbocycles. The number of fused-ring (bicyclic) bond motifs is 2. The molecule has 2 fully saturated rings. The summed E-state index contributed by atoms with van der Waals surface area (Å²) < 4.78 is 5.13. The first-order valence-corrected chi connectivity index (χ1v) is 13.2. The molecule has 7 heteroatoms. The van der Waals surface area contributed by atoms with Gasteiger partial charge in [-0.3, -0.25) is 9.59 Å². The Balaban J connectivity index is 0.00000320. The Hall–Kier alpha value is -2.67. The lowest BCUT2D eigenvalue weighted by atomic mass is 9.74. The lowest BCUT2D eigenvalue weighted by molar-refractivity contribution is -0.128. The molecule has 1 atom stereocenters. The molecule has 6 nitrogen and oxygen atoms in total. The summed E-state index contributed by atoms with van der Waals surface area (Å²) >= 11 is 0. The van der Waals surface area contributed by atoms with Gasteiger partial charge in [0.15, 0.2) is 0 Å². The molecule has 0 aromatic heterocycles. The van der Waals surface area contributed by atoms with E-state index in [-0.39, 0.29) is 42.0 Å². The highest BCUT2D eigenvalue weighted by atomic mass is 35.5. The topological polar surface area (TPSA) is 53.1 Å². The van der Waals surface area contributed by atoms with Gasteiger partial charge in [0.25, 0.3) is 0 Å². The molecule has 0 radical (unpaired) electrons. The van der Waals surface area contributed by atoms with Crippen LogP contribution in [-0.2, 0) is 19.7 Å². The molecule has 1 unspecified atom stereocenters. The zero-order chi connectivity index (χ0) is 25.0. The van der Waals surface area contributed by atoms with Gasteiger partial charge in [-0.2, -0.15) is 0 Å². The van der Waals surface area contributed by atoms with E-state index < -0.39 is 0 Å². The second-order valence-electron chi connectivity index (χ2n) is 10.3. The van der Waals surface area contributed by atoms with Crippen LogP contribution in [-0.4, -0.2) is 74.6 Å². The Labute approximate surface area is 226 Å². The molecule has 1 spiro atoms. The van der Waals surface area contributed by atoms with Gasteiger partial charge in [-0.05, 0) is 62.2 Å². The molecule has 2 saturated heterocycles. The van der Waals surface area contributed by atoms with Crippen molar-refractivity contribution in [1.82, 2.24) is 9.80 Å². The fourth-order valence-electron chi connectivity index (χ4n) is 6.05. The van der Waals surface area contributed by atoms with Crippen molar-refractivity contribution in [2.24, 2.45) is 5.92 Å². The molecule has 0 N–H and O–H groups in total. The largest absolute Gasteiger partial charge is 0.383 e. The number of allylic oxidation sites excluding steroid dienone is 1. The number of halogens is 1. The summed E-state index contributed by atoms with van der Waals surface area (Å²) in [6, 6.07) is 18.7. The molecule has 3 aliphatic rings. The average Bonchev–Trinajstić information content (AvgIpc) is 3.47. The van der Waals surface area contributed by atoms with Gasteiger partial charge in [-0.25, -0.2) is 0 Å². The van der Waals surface area contributed by atoms with Crippen molar-refractivity contribution in [2.75, 3.05) is 57.9 Å². The van der Waals surface area contributed by atoms with Crippen LogP contribution in [0.1, 0.15) is 36.8 Å². The number of nitrogens with zero attached hydrogens (tertiary/aromatic N) is 3. The van der Waals surface area contributed by atoms with Crippen LogP contribution >= 0.6 is 12.4 Å². The van der Waals surface area contributed by atoms with E-state index in [2.05, 4.69) is 41.3 Å². The number of hydrogen-bond donors (Lipinski definition) is 0. The number of ether oxygens (including phenoxy) is 1. The van der Waals surface area contributed by atoms with E-state index in [0.717, 1.165) is 44.6 Å². The van der Waals surface area contributed by atoms with E-state index in [9.17, 15) is 9.59 Å².